The van der Waals surface area contributed by atoms with Crippen LogP contribution in [0.15, 0.2) is 36.5 Å². The standard InChI is InChI=1S/C15H11F4N3O/c16-12-5-10(7-20)1-2-13(12)22-8-11-3-4-21-14(6-11)23-9-15(17,18)19/h1-6,22H,8-9H2. The van der Waals surface area contributed by atoms with Gasteiger partial charge in [-0.3, -0.25) is 0 Å². The van der Waals surface area contributed by atoms with E-state index in [1.807, 2.05) is 6.07 Å². The van der Waals surface area contributed by atoms with Crippen molar-refractivity contribution in [2.75, 3.05) is 11.9 Å². The Balaban J connectivity index is 2.00. The third kappa shape index (κ3) is 5.14. The van der Waals surface area contributed by atoms with Crippen LogP contribution in [0.5, 0.6) is 5.88 Å². The van der Waals surface area contributed by atoms with Gasteiger partial charge in [-0.2, -0.15) is 18.4 Å². The smallest absolute Gasteiger partial charge is 0.422 e. The summed E-state index contributed by atoms with van der Waals surface area (Å²) in [5.41, 5.74) is 0.944. The molecule has 0 atom stereocenters. The van der Waals surface area contributed by atoms with E-state index in [-0.39, 0.29) is 23.7 Å². The molecule has 2 aromatic rings. The van der Waals surface area contributed by atoms with Crippen LogP contribution < -0.4 is 10.1 Å². The highest BCUT2D eigenvalue weighted by Crippen LogP contribution is 2.19. The molecule has 0 aliphatic heterocycles. The number of ether oxygens (including phenoxy) is 1. The monoisotopic (exact) mass is 325 g/mol. The van der Waals surface area contributed by atoms with Crippen LogP contribution in [-0.4, -0.2) is 17.8 Å². The first-order chi connectivity index (χ1) is 10.9. The van der Waals surface area contributed by atoms with Gasteiger partial charge in [-0.25, -0.2) is 9.37 Å². The largest absolute Gasteiger partial charge is 0.468 e. The molecule has 1 heterocycles. The number of benzene rings is 1. The van der Waals surface area contributed by atoms with Gasteiger partial charge in [0.05, 0.1) is 17.3 Å². The van der Waals surface area contributed by atoms with Gasteiger partial charge >= 0.3 is 6.18 Å². The van der Waals surface area contributed by atoms with E-state index in [0.29, 0.717) is 5.56 Å². The zero-order chi connectivity index (χ0) is 16.9. The van der Waals surface area contributed by atoms with Crippen LogP contribution in [0.3, 0.4) is 0 Å². The molecule has 0 amide bonds. The second-order valence-corrected chi connectivity index (χ2v) is 4.57. The third-order valence-electron chi connectivity index (χ3n) is 2.76. The molecule has 4 nitrogen and oxygen atoms in total. The zero-order valence-electron chi connectivity index (χ0n) is 11.7. The van der Waals surface area contributed by atoms with Gasteiger partial charge in [0.2, 0.25) is 5.88 Å². The first-order valence-corrected chi connectivity index (χ1v) is 6.45. The molecule has 2 rings (SSSR count). The lowest BCUT2D eigenvalue weighted by atomic mass is 10.2. The molecule has 0 saturated carbocycles. The van der Waals surface area contributed by atoms with Gasteiger partial charge in [-0.05, 0) is 29.8 Å². The van der Waals surface area contributed by atoms with Crippen molar-refractivity contribution in [3.63, 3.8) is 0 Å². The fourth-order valence-corrected chi connectivity index (χ4v) is 1.72. The highest BCUT2D eigenvalue weighted by Gasteiger charge is 2.28. The fourth-order valence-electron chi connectivity index (χ4n) is 1.72. The van der Waals surface area contributed by atoms with E-state index < -0.39 is 18.6 Å². The third-order valence-corrected chi connectivity index (χ3v) is 2.76. The number of rotatable bonds is 5. The molecule has 0 saturated heterocycles. The van der Waals surface area contributed by atoms with Gasteiger partial charge in [-0.15, -0.1) is 0 Å². The average Bonchev–Trinajstić information content (AvgIpc) is 2.51. The Labute approximate surface area is 129 Å². The summed E-state index contributed by atoms with van der Waals surface area (Å²) in [5, 5.41) is 11.5. The van der Waals surface area contributed by atoms with Gasteiger partial charge in [0.25, 0.3) is 0 Å². The topological polar surface area (TPSA) is 57.9 Å². The molecular formula is C15H11F4N3O. The van der Waals surface area contributed by atoms with Gasteiger partial charge < -0.3 is 10.1 Å². The van der Waals surface area contributed by atoms with Crippen LogP contribution in [0.25, 0.3) is 0 Å². The Bertz CT molecular complexity index is 725. The number of hydrogen-bond acceptors (Lipinski definition) is 4. The molecule has 0 fully saturated rings. The van der Waals surface area contributed by atoms with Crippen LogP contribution in [0.1, 0.15) is 11.1 Å². The van der Waals surface area contributed by atoms with E-state index in [0.717, 1.165) is 6.07 Å². The Hall–Kier alpha value is -2.82. The van der Waals surface area contributed by atoms with E-state index in [1.165, 1.54) is 24.4 Å². The fraction of sp³-hybridized carbons (Fsp3) is 0.200. The van der Waals surface area contributed by atoms with Crippen molar-refractivity contribution in [2.45, 2.75) is 12.7 Å². The molecule has 23 heavy (non-hydrogen) atoms. The van der Waals surface area contributed by atoms with Gasteiger partial charge in [0.15, 0.2) is 6.61 Å². The SMILES string of the molecule is N#Cc1ccc(NCc2ccnc(OCC(F)(F)F)c2)c(F)c1. The lowest BCUT2D eigenvalue weighted by Gasteiger charge is -2.10. The number of halogens is 4. The molecule has 1 N–H and O–H groups in total. The number of pyridine rings is 1. The lowest BCUT2D eigenvalue weighted by Crippen LogP contribution is -2.19. The quantitative estimate of drug-likeness (QED) is 0.853. The second kappa shape index (κ2) is 6.96. The minimum atomic E-state index is -4.44. The highest BCUT2D eigenvalue weighted by atomic mass is 19.4. The second-order valence-electron chi connectivity index (χ2n) is 4.57. The molecule has 0 aliphatic rings. The summed E-state index contributed by atoms with van der Waals surface area (Å²) >= 11 is 0. The average molecular weight is 325 g/mol. The molecule has 8 heteroatoms. The molecule has 1 aromatic carbocycles. The number of hydrogen-bond donors (Lipinski definition) is 1. The summed E-state index contributed by atoms with van der Waals surface area (Å²) in [4.78, 5) is 3.68. The molecule has 1 aromatic heterocycles. The van der Waals surface area contributed by atoms with Crippen molar-refractivity contribution in [1.29, 1.82) is 5.26 Å². The molecule has 0 aliphatic carbocycles. The Morgan fingerprint density at radius 2 is 2.00 bits per heavy atom. The van der Waals surface area contributed by atoms with Crippen molar-refractivity contribution in [3.8, 4) is 11.9 Å². The lowest BCUT2D eigenvalue weighted by molar-refractivity contribution is -0.154. The Kier molecular flexibility index (Phi) is 5.01. The molecular weight excluding hydrogens is 314 g/mol. The van der Waals surface area contributed by atoms with E-state index in [2.05, 4.69) is 15.0 Å². The van der Waals surface area contributed by atoms with Gasteiger partial charge in [0.1, 0.15) is 5.82 Å². The Morgan fingerprint density at radius 3 is 2.65 bits per heavy atom. The van der Waals surface area contributed by atoms with E-state index in [4.69, 9.17) is 5.26 Å². The number of nitrogens with zero attached hydrogens (tertiary/aromatic N) is 2. The van der Waals surface area contributed by atoms with Crippen molar-refractivity contribution in [3.05, 3.63) is 53.5 Å². The van der Waals surface area contributed by atoms with E-state index in [9.17, 15) is 17.6 Å². The van der Waals surface area contributed by atoms with Crippen molar-refractivity contribution in [2.24, 2.45) is 0 Å². The first-order valence-electron chi connectivity index (χ1n) is 6.45. The summed E-state index contributed by atoms with van der Waals surface area (Å²) in [6, 6.07) is 8.67. The van der Waals surface area contributed by atoms with E-state index >= 15 is 0 Å². The van der Waals surface area contributed by atoms with Crippen LogP contribution in [0.4, 0.5) is 23.2 Å². The molecule has 0 spiro atoms. The number of alkyl halides is 3. The number of nitrogens with one attached hydrogen (secondary N) is 1. The van der Waals surface area contributed by atoms with E-state index in [1.54, 1.807) is 6.07 Å². The van der Waals surface area contributed by atoms with Gasteiger partial charge in [-0.1, -0.05) is 0 Å². The molecule has 0 radical (unpaired) electrons. The summed E-state index contributed by atoms with van der Waals surface area (Å²) in [6.45, 7) is -1.27. The van der Waals surface area contributed by atoms with Crippen LogP contribution in [-0.2, 0) is 6.54 Å². The molecule has 0 bridgehead atoms. The summed E-state index contributed by atoms with van der Waals surface area (Å²) < 4.78 is 54.5. The van der Waals surface area contributed by atoms with Crippen molar-refractivity contribution >= 4 is 5.69 Å². The summed E-state index contributed by atoms with van der Waals surface area (Å²) in [6.07, 6.45) is -3.14. The highest BCUT2D eigenvalue weighted by molar-refractivity contribution is 5.49. The molecule has 120 valence electrons. The molecule has 0 unspecified atom stereocenters. The van der Waals surface area contributed by atoms with Crippen molar-refractivity contribution < 1.29 is 22.3 Å². The van der Waals surface area contributed by atoms with Gasteiger partial charge in [0, 0.05) is 18.8 Å². The maximum atomic E-state index is 13.7. The predicted molar refractivity (Wildman–Crippen MR) is 74.2 cm³/mol. The number of nitriles is 1. The predicted octanol–water partition coefficient (Wildman–Crippen LogP) is 3.65. The van der Waals surface area contributed by atoms with Crippen LogP contribution in [0.2, 0.25) is 0 Å². The van der Waals surface area contributed by atoms with Crippen molar-refractivity contribution in [1.82, 2.24) is 4.98 Å². The number of aromatic nitrogens is 1. The zero-order valence-corrected chi connectivity index (χ0v) is 11.7. The summed E-state index contributed by atoms with van der Waals surface area (Å²) in [5.74, 6) is -0.756. The first kappa shape index (κ1) is 16.5. The normalized spacial score (nSPS) is 10.9. The Morgan fingerprint density at radius 1 is 1.22 bits per heavy atom. The number of anilines is 1. The maximum Gasteiger partial charge on any atom is 0.422 e. The van der Waals surface area contributed by atoms with Crippen LogP contribution in [0, 0.1) is 17.1 Å². The minimum Gasteiger partial charge on any atom is -0.468 e. The maximum absolute atomic E-state index is 13.7. The van der Waals surface area contributed by atoms with Crippen LogP contribution >= 0.6 is 0 Å². The minimum absolute atomic E-state index is 0.160. The summed E-state index contributed by atoms with van der Waals surface area (Å²) in [7, 11) is 0.